The Morgan fingerprint density at radius 2 is 1.89 bits per heavy atom. The van der Waals surface area contributed by atoms with Gasteiger partial charge in [-0.1, -0.05) is 42.0 Å². The number of hydrogen-bond acceptors (Lipinski definition) is 2. The predicted octanol–water partition coefficient (Wildman–Crippen LogP) is 3.96. The van der Waals surface area contributed by atoms with Gasteiger partial charge in [0.15, 0.2) is 11.4 Å². The molecule has 96 valence electrons. The summed E-state index contributed by atoms with van der Waals surface area (Å²) in [5.41, 5.74) is 1.97. The van der Waals surface area contributed by atoms with Crippen LogP contribution in [0.2, 0.25) is 0 Å². The molecule has 3 aromatic rings. The number of rotatable bonds is 2. The number of benzene rings is 2. The van der Waals surface area contributed by atoms with Gasteiger partial charge in [0.2, 0.25) is 0 Å². The van der Waals surface area contributed by atoms with E-state index in [0.717, 1.165) is 11.1 Å². The number of furan rings is 1. The molecule has 0 bridgehead atoms. The van der Waals surface area contributed by atoms with Crippen LogP contribution in [0.1, 0.15) is 23.0 Å². The van der Waals surface area contributed by atoms with Crippen molar-refractivity contribution in [2.45, 2.75) is 13.0 Å². The molecule has 1 heterocycles. The van der Waals surface area contributed by atoms with E-state index in [9.17, 15) is 9.50 Å². The lowest BCUT2D eigenvalue weighted by molar-refractivity contribution is 0.192. The third-order valence-corrected chi connectivity index (χ3v) is 3.14. The molecule has 0 aliphatic rings. The number of halogens is 1. The van der Waals surface area contributed by atoms with Gasteiger partial charge >= 0.3 is 0 Å². The van der Waals surface area contributed by atoms with Crippen molar-refractivity contribution in [2.75, 3.05) is 0 Å². The van der Waals surface area contributed by atoms with E-state index >= 15 is 0 Å². The predicted molar refractivity (Wildman–Crippen MR) is 71.4 cm³/mol. The molecule has 0 aliphatic carbocycles. The SMILES string of the molecule is Cc1cccc(C(O)c2cc3cccc(F)c3o2)c1. The highest BCUT2D eigenvalue weighted by Gasteiger charge is 2.17. The van der Waals surface area contributed by atoms with Crippen LogP contribution in [0.5, 0.6) is 0 Å². The van der Waals surface area contributed by atoms with Crippen molar-refractivity contribution in [2.24, 2.45) is 0 Å². The van der Waals surface area contributed by atoms with Gasteiger partial charge in [-0.2, -0.15) is 0 Å². The molecule has 0 saturated heterocycles. The van der Waals surface area contributed by atoms with Crippen LogP contribution in [0.3, 0.4) is 0 Å². The third-order valence-electron chi connectivity index (χ3n) is 3.14. The number of para-hydroxylation sites is 1. The first-order valence-electron chi connectivity index (χ1n) is 6.08. The van der Waals surface area contributed by atoms with Gasteiger partial charge < -0.3 is 9.52 Å². The number of fused-ring (bicyclic) bond motifs is 1. The van der Waals surface area contributed by atoms with Gasteiger partial charge in [0.25, 0.3) is 0 Å². The van der Waals surface area contributed by atoms with Gasteiger partial charge in [-0.25, -0.2) is 4.39 Å². The lowest BCUT2D eigenvalue weighted by Crippen LogP contribution is -1.97. The fourth-order valence-electron chi connectivity index (χ4n) is 2.19. The Balaban J connectivity index is 2.06. The van der Waals surface area contributed by atoms with E-state index in [4.69, 9.17) is 4.42 Å². The van der Waals surface area contributed by atoms with Gasteiger partial charge in [-0.05, 0) is 24.6 Å². The maximum absolute atomic E-state index is 13.6. The summed E-state index contributed by atoms with van der Waals surface area (Å²) < 4.78 is 19.0. The largest absolute Gasteiger partial charge is 0.455 e. The second kappa shape index (κ2) is 4.52. The standard InChI is InChI=1S/C16H13FO2/c1-10-4-2-5-11(8-10)15(18)14-9-12-6-3-7-13(17)16(12)19-14/h2-9,15,18H,1H3. The fourth-order valence-corrected chi connectivity index (χ4v) is 2.19. The molecule has 0 fully saturated rings. The summed E-state index contributed by atoms with van der Waals surface area (Å²) in [7, 11) is 0. The van der Waals surface area contributed by atoms with Gasteiger partial charge in [0, 0.05) is 5.39 Å². The van der Waals surface area contributed by atoms with Gasteiger partial charge in [0.05, 0.1) is 0 Å². The second-order valence-corrected chi connectivity index (χ2v) is 4.62. The van der Waals surface area contributed by atoms with Crippen molar-refractivity contribution in [3.8, 4) is 0 Å². The third kappa shape index (κ3) is 2.13. The molecule has 0 amide bonds. The summed E-state index contributed by atoms with van der Waals surface area (Å²) in [5, 5.41) is 10.9. The molecule has 1 unspecified atom stereocenters. The van der Waals surface area contributed by atoms with Crippen LogP contribution in [0.4, 0.5) is 4.39 Å². The van der Waals surface area contributed by atoms with Crippen molar-refractivity contribution < 1.29 is 13.9 Å². The Morgan fingerprint density at radius 3 is 2.63 bits per heavy atom. The number of hydrogen-bond donors (Lipinski definition) is 1. The zero-order valence-electron chi connectivity index (χ0n) is 10.4. The average Bonchev–Trinajstić information content (AvgIpc) is 2.83. The molecule has 1 aromatic heterocycles. The highest BCUT2D eigenvalue weighted by Crippen LogP contribution is 2.29. The van der Waals surface area contributed by atoms with E-state index in [-0.39, 0.29) is 5.58 Å². The number of aliphatic hydroxyl groups is 1. The number of aryl methyl sites for hydroxylation is 1. The highest BCUT2D eigenvalue weighted by molar-refractivity contribution is 5.78. The van der Waals surface area contributed by atoms with E-state index in [0.29, 0.717) is 11.1 Å². The van der Waals surface area contributed by atoms with Gasteiger partial charge in [-0.3, -0.25) is 0 Å². The Labute approximate surface area is 110 Å². The van der Waals surface area contributed by atoms with E-state index in [1.165, 1.54) is 6.07 Å². The van der Waals surface area contributed by atoms with Crippen LogP contribution in [0.25, 0.3) is 11.0 Å². The Hall–Kier alpha value is -2.13. The fraction of sp³-hybridized carbons (Fsp3) is 0.125. The summed E-state index contributed by atoms with van der Waals surface area (Å²) in [6, 6.07) is 13.9. The van der Waals surface area contributed by atoms with Gasteiger partial charge in [-0.15, -0.1) is 0 Å². The second-order valence-electron chi connectivity index (χ2n) is 4.62. The quantitative estimate of drug-likeness (QED) is 0.752. The Bertz CT molecular complexity index is 730. The van der Waals surface area contributed by atoms with E-state index in [2.05, 4.69) is 0 Å². The Morgan fingerprint density at radius 1 is 1.11 bits per heavy atom. The summed E-state index contributed by atoms with van der Waals surface area (Å²) >= 11 is 0. The average molecular weight is 256 g/mol. The molecular formula is C16H13FO2. The highest BCUT2D eigenvalue weighted by atomic mass is 19.1. The van der Waals surface area contributed by atoms with Crippen LogP contribution in [-0.4, -0.2) is 5.11 Å². The van der Waals surface area contributed by atoms with Crippen LogP contribution < -0.4 is 0 Å². The first-order chi connectivity index (χ1) is 9.15. The summed E-state index contributed by atoms with van der Waals surface area (Å²) in [5.74, 6) is -0.0640. The molecule has 0 spiro atoms. The smallest absolute Gasteiger partial charge is 0.170 e. The van der Waals surface area contributed by atoms with E-state index in [1.54, 1.807) is 18.2 Å². The summed E-state index contributed by atoms with van der Waals surface area (Å²) in [6.07, 6.45) is -0.883. The number of aliphatic hydroxyl groups excluding tert-OH is 1. The minimum Gasteiger partial charge on any atom is -0.455 e. The molecule has 2 nitrogen and oxygen atoms in total. The Kier molecular flexibility index (Phi) is 2.84. The molecule has 3 rings (SSSR count). The topological polar surface area (TPSA) is 33.4 Å². The first kappa shape index (κ1) is 11.9. The molecule has 19 heavy (non-hydrogen) atoms. The van der Waals surface area contributed by atoms with E-state index < -0.39 is 11.9 Å². The van der Waals surface area contributed by atoms with Crippen molar-refractivity contribution in [1.29, 1.82) is 0 Å². The normalized spacial score (nSPS) is 12.8. The molecule has 0 aliphatic heterocycles. The maximum Gasteiger partial charge on any atom is 0.170 e. The molecule has 1 atom stereocenters. The zero-order valence-corrected chi connectivity index (χ0v) is 10.4. The molecule has 0 radical (unpaired) electrons. The zero-order chi connectivity index (χ0) is 13.4. The van der Waals surface area contributed by atoms with Crippen molar-refractivity contribution >= 4 is 11.0 Å². The molecule has 3 heteroatoms. The molecule has 2 aromatic carbocycles. The maximum atomic E-state index is 13.6. The molecule has 1 N–H and O–H groups in total. The van der Waals surface area contributed by atoms with Crippen LogP contribution >= 0.6 is 0 Å². The van der Waals surface area contributed by atoms with E-state index in [1.807, 2.05) is 31.2 Å². The molecular weight excluding hydrogens is 243 g/mol. The van der Waals surface area contributed by atoms with Gasteiger partial charge in [0.1, 0.15) is 11.9 Å². The first-order valence-corrected chi connectivity index (χ1v) is 6.08. The lowest BCUT2D eigenvalue weighted by Gasteiger charge is -2.08. The van der Waals surface area contributed by atoms with Crippen LogP contribution in [-0.2, 0) is 0 Å². The van der Waals surface area contributed by atoms with Crippen molar-refractivity contribution in [3.05, 3.63) is 71.2 Å². The van der Waals surface area contributed by atoms with Crippen molar-refractivity contribution in [3.63, 3.8) is 0 Å². The van der Waals surface area contributed by atoms with Crippen molar-refractivity contribution in [1.82, 2.24) is 0 Å². The van der Waals surface area contributed by atoms with Crippen LogP contribution in [0, 0.1) is 12.7 Å². The minimum atomic E-state index is -0.883. The summed E-state index contributed by atoms with van der Waals surface area (Å²) in [6.45, 7) is 1.95. The lowest BCUT2D eigenvalue weighted by atomic mass is 10.0. The minimum absolute atomic E-state index is 0.184. The monoisotopic (exact) mass is 256 g/mol. The molecule has 0 saturated carbocycles. The summed E-state index contributed by atoms with van der Waals surface area (Å²) in [4.78, 5) is 0. The van der Waals surface area contributed by atoms with Crippen LogP contribution in [0.15, 0.2) is 52.9 Å².